The molecule has 1 aliphatic heterocycles. The maximum absolute atomic E-state index is 13.1. The number of aromatic nitrogens is 1. The number of carbonyl (C=O) groups is 3. The van der Waals surface area contributed by atoms with Crippen LogP contribution in [0, 0.1) is 11.3 Å². The molecular weight excluding hydrogens is 380 g/mol. The van der Waals surface area contributed by atoms with Crippen LogP contribution in [0.4, 0.5) is 10.5 Å². The summed E-state index contributed by atoms with van der Waals surface area (Å²) in [5, 5.41) is 6.67. The first-order valence-electron chi connectivity index (χ1n) is 10.8. The molecule has 2 heterocycles. The first-order chi connectivity index (χ1) is 14.2. The van der Waals surface area contributed by atoms with Gasteiger partial charge >= 0.3 is 6.03 Å². The molecule has 1 saturated carbocycles. The zero-order chi connectivity index (χ0) is 21.5. The number of nitrogens with one attached hydrogen (secondary N) is 3. The van der Waals surface area contributed by atoms with Gasteiger partial charge in [-0.2, -0.15) is 0 Å². The fraction of sp³-hybridized carbons (Fsp3) is 0.522. The number of rotatable bonds is 5. The van der Waals surface area contributed by atoms with Gasteiger partial charge in [0.1, 0.15) is 12.1 Å². The van der Waals surface area contributed by atoms with E-state index >= 15 is 0 Å². The fourth-order valence-corrected chi connectivity index (χ4v) is 4.81. The van der Waals surface area contributed by atoms with Crippen LogP contribution >= 0.6 is 0 Å². The van der Waals surface area contributed by atoms with Crippen LogP contribution in [0.25, 0.3) is 10.9 Å². The van der Waals surface area contributed by atoms with Gasteiger partial charge in [-0.05, 0) is 61.3 Å². The summed E-state index contributed by atoms with van der Waals surface area (Å²) in [6, 6.07) is 6.98. The van der Waals surface area contributed by atoms with Crippen molar-refractivity contribution in [3.05, 3.63) is 30.5 Å². The van der Waals surface area contributed by atoms with Crippen molar-refractivity contribution >= 4 is 34.4 Å². The van der Waals surface area contributed by atoms with Crippen molar-refractivity contribution in [2.75, 3.05) is 11.9 Å². The Morgan fingerprint density at radius 3 is 2.67 bits per heavy atom. The molecule has 2 fully saturated rings. The van der Waals surface area contributed by atoms with Crippen molar-refractivity contribution in [3.8, 4) is 0 Å². The van der Waals surface area contributed by atoms with E-state index in [1.54, 1.807) is 6.07 Å². The summed E-state index contributed by atoms with van der Waals surface area (Å²) < 4.78 is 0. The van der Waals surface area contributed by atoms with Gasteiger partial charge in [0.2, 0.25) is 5.91 Å². The van der Waals surface area contributed by atoms with Crippen LogP contribution in [0.5, 0.6) is 0 Å². The van der Waals surface area contributed by atoms with Gasteiger partial charge in [-0.25, -0.2) is 4.79 Å². The molecule has 3 N–H and O–H groups in total. The van der Waals surface area contributed by atoms with Gasteiger partial charge in [-0.3, -0.25) is 14.5 Å². The molecule has 160 valence electrons. The van der Waals surface area contributed by atoms with Crippen molar-refractivity contribution < 1.29 is 14.4 Å². The van der Waals surface area contributed by atoms with Crippen LogP contribution in [-0.2, 0) is 9.59 Å². The maximum atomic E-state index is 13.1. The molecule has 1 aliphatic carbocycles. The monoisotopic (exact) mass is 410 g/mol. The van der Waals surface area contributed by atoms with Gasteiger partial charge in [0, 0.05) is 22.8 Å². The number of aromatic amines is 1. The summed E-state index contributed by atoms with van der Waals surface area (Å²) in [6.45, 7) is 6.46. The van der Waals surface area contributed by atoms with Crippen LogP contribution in [0.3, 0.4) is 0 Å². The Morgan fingerprint density at radius 2 is 1.97 bits per heavy atom. The van der Waals surface area contributed by atoms with Gasteiger partial charge in [0.25, 0.3) is 5.91 Å². The minimum Gasteiger partial charge on any atom is -0.361 e. The number of hydrogen-bond acceptors (Lipinski definition) is 3. The van der Waals surface area contributed by atoms with Crippen molar-refractivity contribution in [2.24, 2.45) is 11.3 Å². The van der Waals surface area contributed by atoms with Gasteiger partial charge in [-0.1, -0.05) is 27.2 Å². The number of anilines is 1. The Balaban J connectivity index is 1.40. The number of hydrogen-bond donors (Lipinski definition) is 3. The average Bonchev–Trinajstić information content (AvgIpc) is 3.27. The molecule has 4 rings (SSSR count). The van der Waals surface area contributed by atoms with E-state index in [4.69, 9.17) is 0 Å². The van der Waals surface area contributed by atoms with Crippen molar-refractivity contribution in [2.45, 2.75) is 58.4 Å². The Labute approximate surface area is 176 Å². The SMILES string of the molecule is CCC(C)(C)C1CCC2(CC1)NC(=O)N(CC(=O)Nc1ccc3[nH]ccc3c1)C2=O. The fourth-order valence-electron chi connectivity index (χ4n) is 4.81. The third kappa shape index (κ3) is 3.57. The quantitative estimate of drug-likeness (QED) is 0.650. The Hall–Kier alpha value is -2.83. The molecular formula is C23H30N4O3. The Morgan fingerprint density at radius 1 is 1.23 bits per heavy atom. The van der Waals surface area contributed by atoms with E-state index in [0.29, 0.717) is 24.4 Å². The molecule has 0 unspecified atom stereocenters. The molecule has 0 bridgehead atoms. The van der Waals surface area contributed by atoms with Gasteiger partial charge in [-0.15, -0.1) is 0 Å². The topological polar surface area (TPSA) is 94.3 Å². The number of fused-ring (bicyclic) bond motifs is 1. The van der Waals surface area contributed by atoms with E-state index in [9.17, 15) is 14.4 Å². The molecule has 30 heavy (non-hydrogen) atoms. The largest absolute Gasteiger partial charge is 0.361 e. The standard InChI is InChI=1S/C23H30N4O3/c1-4-22(2,3)16-7-10-23(11-8-16)20(29)27(21(30)26-23)14-19(28)25-17-5-6-18-15(13-17)9-12-24-18/h5-6,9,12-13,16,24H,4,7-8,10-11,14H2,1-3H3,(H,25,28)(H,26,30). The maximum Gasteiger partial charge on any atom is 0.325 e. The molecule has 4 amide bonds. The highest BCUT2D eigenvalue weighted by Gasteiger charge is 2.53. The zero-order valence-corrected chi connectivity index (χ0v) is 17.9. The highest BCUT2D eigenvalue weighted by Crippen LogP contribution is 2.45. The highest BCUT2D eigenvalue weighted by atomic mass is 16.2. The van der Waals surface area contributed by atoms with Crippen molar-refractivity contribution in [3.63, 3.8) is 0 Å². The van der Waals surface area contributed by atoms with E-state index in [0.717, 1.165) is 35.1 Å². The third-order valence-corrected chi connectivity index (χ3v) is 7.24. The van der Waals surface area contributed by atoms with Crippen LogP contribution in [0.1, 0.15) is 52.9 Å². The number of amides is 4. The van der Waals surface area contributed by atoms with Crippen LogP contribution in [0.15, 0.2) is 30.5 Å². The molecule has 7 heteroatoms. The predicted molar refractivity (Wildman–Crippen MR) is 116 cm³/mol. The first-order valence-corrected chi connectivity index (χ1v) is 10.8. The second-order valence-electron chi connectivity index (χ2n) is 9.35. The summed E-state index contributed by atoms with van der Waals surface area (Å²) >= 11 is 0. The molecule has 2 aliphatic rings. The number of imide groups is 1. The van der Waals surface area contributed by atoms with E-state index in [-0.39, 0.29) is 23.8 Å². The van der Waals surface area contributed by atoms with E-state index < -0.39 is 11.6 Å². The Kier molecular flexibility index (Phi) is 5.08. The minimum absolute atomic E-state index is 0.230. The molecule has 0 atom stereocenters. The smallest absolute Gasteiger partial charge is 0.325 e. The van der Waals surface area contributed by atoms with E-state index in [2.05, 4.69) is 36.4 Å². The van der Waals surface area contributed by atoms with Crippen LogP contribution < -0.4 is 10.6 Å². The van der Waals surface area contributed by atoms with Crippen molar-refractivity contribution in [1.82, 2.24) is 15.2 Å². The van der Waals surface area contributed by atoms with E-state index in [1.807, 2.05) is 24.4 Å². The van der Waals surface area contributed by atoms with E-state index in [1.165, 1.54) is 0 Å². The highest BCUT2D eigenvalue weighted by molar-refractivity contribution is 6.10. The second-order valence-corrected chi connectivity index (χ2v) is 9.35. The molecule has 7 nitrogen and oxygen atoms in total. The summed E-state index contributed by atoms with van der Waals surface area (Å²) in [5.41, 5.74) is 0.997. The molecule has 0 radical (unpaired) electrons. The molecule has 1 spiro atoms. The zero-order valence-electron chi connectivity index (χ0n) is 17.9. The minimum atomic E-state index is -0.846. The number of nitrogens with zero attached hydrogens (tertiary/aromatic N) is 1. The van der Waals surface area contributed by atoms with Gasteiger partial charge < -0.3 is 15.6 Å². The van der Waals surface area contributed by atoms with Crippen molar-refractivity contribution in [1.29, 1.82) is 0 Å². The number of carbonyl (C=O) groups excluding carboxylic acids is 3. The predicted octanol–water partition coefficient (Wildman–Crippen LogP) is 4.02. The second kappa shape index (κ2) is 7.45. The number of H-pyrrole nitrogens is 1. The summed E-state index contributed by atoms with van der Waals surface area (Å²) in [4.78, 5) is 42.3. The summed E-state index contributed by atoms with van der Waals surface area (Å²) in [5.74, 6) is -0.110. The molecule has 1 aromatic carbocycles. The summed E-state index contributed by atoms with van der Waals surface area (Å²) in [7, 11) is 0. The molecule has 2 aromatic rings. The number of benzene rings is 1. The lowest BCUT2D eigenvalue weighted by molar-refractivity contribution is -0.135. The average molecular weight is 411 g/mol. The lowest BCUT2D eigenvalue weighted by atomic mass is 9.65. The van der Waals surface area contributed by atoms with Gasteiger partial charge in [0.05, 0.1) is 0 Å². The Bertz CT molecular complexity index is 985. The van der Waals surface area contributed by atoms with Crippen LogP contribution in [0.2, 0.25) is 0 Å². The first kappa shape index (κ1) is 20.4. The lowest BCUT2D eigenvalue weighted by Crippen LogP contribution is -2.51. The van der Waals surface area contributed by atoms with Gasteiger partial charge in [0.15, 0.2) is 0 Å². The third-order valence-electron chi connectivity index (χ3n) is 7.24. The molecule has 1 saturated heterocycles. The van der Waals surface area contributed by atoms with Crippen LogP contribution in [-0.4, -0.2) is 39.8 Å². The number of urea groups is 1. The molecule has 1 aromatic heterocycles. The normalized spacial score (nSPS) is 24.5. The summed E-state index contributed by atoms with van der Waals surface area (Å²) in [6.07, 6.45) is 6.00. The lowest BCUT2D eigenvalue weighted by Gasteiger charge is -2.42.